The Balaban J connectivity index is 3.04. The highest BCUT2D eigenvalue weighted by Crippen LogP contribution is 1.88. The van der Waals surface area contributed by atoms with Crippen molar-refractivity contribution >= 4 is 5.97 Å². The first kappa shape index (κ1) is 11.7. The number of nitriles is 1. The van der Waals surface area contributed by atoms with Crippen LogP contribution in [0.4, 0.5) is 0 Å². The third kappa shape index (κ3) is 8.57. The summed E-state index contributed by atoms with van der Waals surface area (Å²) in [7, 11) is 0. The smallest absolute Gasteiger partial charge is 0.330 e. The van der Waals surface area contributed by atoms with E-state index < -0.39 is 5.97 Å². The summed E-state index contributed by atoms with van der Waals surface area (Å²) in [6.07, 6.45) is 2.16. The zero-order valence-corrected chi connectivity index (χ0v) is 7.49. The Morgan fingerprint density at radius 2 is 2.23 bits per heavy atom. The number of carbonyl (C=O) groups is 1. The predicted molar refractivity (Wildman–Crippen MR) is 46.8 cm³/mol. The lowest BCUT2D eigenvalue weighted by Crippen LogP contribution is -2.05. The fourth-order valence-electron chi connectivity index (χ4n) is 0.613. The van der Waals surface area contributed by atoms with Gasteiger partial charge in [0.25, 0.3) is 0 Å². The SMILES string of the molecule is C=CC(=O)OCCCOCCC#N. The van der Waals surface area contributed by atoms with Gasteiger partial charge >= 0.3 is 5.97 Å². The van der Waals surface area contributed by atoms with Crippen molar-refractivity contribution in [2.24, 2.45) is 0 Å². The topological polar surface area (TPSA) is 59.3 Å². The molecule has 0 saturated heterocycles. The van der Waals surface area contributed by atoms with Gasteiger partial charge in [-0.1, -0.05) is 6.58 Å². The lowest BCUT2D eigenvalue weighted by atomic mass is 10.5. The first-order valence-electron chi connectivity index (χ1n) is 4.05. The Morgan fingerprint density at radius 1 is 1.46 bits per heavy atom. The molecule has 4 nitrogen and oxygen atoms in total. The van der Waals surface area contributed by atoms with Crippen molar-refractivity contribution in [1.82, 2.24) is 0 Å². The molecule has 0 N–H and O–H groups in total. The largest absolute Gasteiger partial charge is 0.462 e. The summed E-state index contributed by atoms with van der Waals surface area (Å²) < 4.78 is 9.75. The van der Waals surface area contributed by atoms with Crippen LogP contribution in [-0.4, -0.2) is 25.8 Å². The first-order chi connectivity index (χ1) is 6.31. The number of ether oxygens (including phenoxy) is 2. The molecule has 0 radical (unpaired) electrons. The second-order valence-electron chi connectivity index (χ2n) is 2.25. The maximum Gasteiger partial charge on any atom is 0.330 e. The van der Waals surface area contributed by atoms with Gasteiger partial charge in [0, 0.05) is 19.1 Å². The van der Waals surface area contributed by atoms with Gasteiger partial charge in [-0.3, -0.25) is 0 Å². The minimum atomic E-state index is -0.419. The fourth-order valence-corrected chi connectivity index (χ4v) is 0.613. The van der Waals surface area contributed by atoms with Crippen LogP contribution in [0, 0.1) is 11.3 Å². The molecule has 0 heterocycles. The van der Waals surface area contributed by atoms with Crippen molar-refractivity contribution in [2.75, 3.05) is 19.8 Å². The highest BCUT2D eigenvalue weighted by Gasteiger charge is 1.94. The van der Waals surface area contributed by atoms with Crippen LogP contribution in [0.25, 0.3) is 0 Å². The van der Waals surface area contributed by atoms with E-state index >= 15 is 0 Å². The maximum absolute atomic E-state index is 10.5. The molecule has 0 unspecified atom stereocenters. The summed E-state index contributed by atoms with van der Waals surface area (Å²) in [6, 6.07) is 1.96. The Morgan fingerprint density at radius 3 is 2.85 bits per heavy atom. The molecule has 0 aromatic heterocycles. The summed E-state index contributed by atoms with van der Waals surface area (Å²) in [5.74, 6) is -0.419. The van der Waals surface area contributed by atoms with Gasteiger partial charge < -0.3 is 9.47 Å². The Kier molecular flexibility index (Phi) is 7.85. The Hall–Kier alpha value is -1.34. The van der Waals surface area contributed by atoms with Crippen LogP contribution in [0.15, 0.2) is 12.7 Å². The lowest BCUT2D eigenvalue weighted by Gasteiger charge is -2.02. The average molecular weight is 183 g/mol. The molecule has 0 fully saturated rings. The zero-order chi connectivity index (χ0) is 9.94. The minimum Gasteiger partial charge on any atom is -0.462 e. The maximum atomic E-state index is 10.5. The minimum absolute atomic E-state index is 0.331. The van der Waals surface area contributed by atoms with E-state index in [2.05, 4.69) is 6.58 Å². The molecule has 0 bridgehead atoms. The molecule has 0 saturated carbocycles. The van der Waals surface area contributed by atoms with E-state index in [1.54, 1.807) is 0 Å². The molecular formula is C9H13NO3. The van der Waals surface area contributed by atoms with Gasteiger partial charge in [-0.15, -0.1) is 0 Å². The van der Waals surface area contributed by atoms with Crippen LogP contribution in [0.3, 0.4) is 0 Å². The molecule has 4 heteroatoms. The molecule has 0 aliphatic rings. The molecule has 0 aromatic rings. The predicted octanol–water partition coefficient (Wildman–Crippen LogP) is 1.04. The molecule has 0 aliphatic carbocycles. The molecule has 0 spiro atoms. The van der Waals surface area contributed by atoms with Crippen molar-refractivity contribution in [1.29, 1.82) is 5.26 Å². The molecule has 0 aromatic carbocycles. The van der Waals surface area contributed by atoms with Crippen molar-refractivity contribution < 1.29 is 14.3 Å². The molecule has 0 amide bonds. The van der Waals surface area contributed by atoms with Crippen LogP contribution in [-0.2, 0) is 14.3 Å². The van der Waals surface area contributed by atoms with Crippen molar-refractivity contribution in [3.05, 3.63) is 12.7 Å². The van der Waals surface area contributed by atoms with E-state index in [9.17, 15) is 4.79 Å². The average Bonchev–Trinajstić information content (AvgIpc) is 2.16. The third-order valence-electron chi connectivity index (χ3n) is 1.20. The van der Waals surface area contributed by atoms with Crippen molar-refractivity contribution in [2.45, 2.75) is 12.8 Å². The van der Waals surface area contributed by atoms with Gasteiger partial charge in [0.1, 0.15) is 0 Å². The van der Waals surface area contributed by atoms with Crippen LogP contribution < -0.4 is 0 Å². The second kappa shape index (κ2) is 8.75. The van der Waals surface area contributed by atoms with E-state index in [-0.39, 0.29) is 0 Å². The quantitative estimate of drug-likeness (QED) is 0.336. The van der Waals surface area contributed by atoms with Gasteiger partial charge in [-0.25, -0.2) is 4.79 Å². The highest BCUT2D eigenvalue weighted by atomic mass is 16.5. The van der Waals surface area contributed by atoms with Crippen molar-refractivity contribution in [3.63, 3.8) is 0 Å². The van der Waals surface area contributed by atoms with E-state index in [0.717, 1.165) is 6.08 Å². The number of nitrogens with zero attached hydrogens (tertiary/aromatic N) is 1. The zero-order valence-electron chi connectivity index (χ0n) is 7.49. The molecular weight excluding hydrogens is 170 g/mol. The lowest BCUT2D eigenvalue weighted by molar-refractivity contribution is -0.138. The van der Waals surface area contributed by atoms with Gasteiger partial charge in [0.15, 0.2) is 0 Å². The molecule has 0 atom stereocenters. The van der Waals surface area contributed by atoms with Gasteiger partial charge in [0.05, 0.1) is 25.7 Å². The summed E-state index contributed by atoms with van der Waals surface area (Å²) in [5, 5.41) is 8.16. The molecule has 0 rings (SSSR count). The van der Waals surface area contributed by atoms with Crippen LogP contribution in [0.1, 0.15) is 12.8 Å². The van der Waals surface area contributed by atoms with E-state index in [1.807, 2.05) is 6.07 Å². The third-order valence-corrected chi connectivity index (χ3v) is 1.20. The Bertz CT molecular complexity index is 196. The summed E-state index contributed by atoms with van der Waals surface area (Å²) >= 11 is 0. The van der Waals surface area contributed by atoms with E-state index in [4.69, 9.17) is 14.7 Å². The van der Waals surface area contributed by atoms with E-state index in [0.29, 0.717) is 32.7 Å². The van der Waals surface area contributed by atoms with Crippen LogP contribution in [0.5, 0.6) is 0 Å². The van der Waals surface area contributed by atoms with E-state index in [1.165, 1.54) is 0 Å². The number of esters is 1. The standard InChI is InChI=1S/C9H13NO3/c1-2-9(11)13-8-4-7-12-6-3-5-10/h2H,1,3-4,6-8H2. The number of hydrogen-bond donors (Lipinski definition) is 0. The Labute approximate surface area is 77.8 Å². The van der Waals surface area contributed by atoms with Gasteiger partial charge in [0.2, 0.25) is 0 Å². The number of rotatable bonds is 7. The molecule has 13 heavy (non-hydrogen) atoms. The summed E-state index contributed by atoms with van der Waals surface area (Å²) in [4.78, 5) is 10.5. The first-order valence-corrected chi connectivity index (χ1v) is 4.05. The molecule has 0 aliphatic heterocycles. The van der Waals surface area contributed by atoms with Gasteiger partial charge in [-0.05, 0) is 0 Å². The normalized spacial score (nSPS) is 8.85. The molecule has 72 valence electrons. The number of carbonyl (C=O) groups excluding carboxylic acids is 1. The summed E-state index contributed by atoms with van der Waals surface area (Å²) in [5.41, 5.74) is 0. The second-order valence-corrected chi connectivity index (χ2v) is 2.25. The van der Waals surface area contributed by atoms with Crippen molar-refractivity contribution in [3.8, 4) is 6.07 Å². The van der Waals surface area contributed by atoms with Crippen LogP contribution in [0.2, 0.25) is 0 Å². The number of hydrogen-bond acceptors (Lipinski definition) is 4. The summed E-state index contributed by atoms with van der Waals surface area (Å²) in [6.45, 7) is 4.53. The highest BCUT2D eigenvalue weighted by molar-refractivity contribution is 5.81. The van der Waals surface area contributed by atoms with Gasteiger partial charge in [-0.2, -0.15) is 5.26 Å². The fraction of sp³-hybridized carbons (Fsp3) is 0.556. The monoisotopic (exact) mass is 183 g/mol. The van der Waals surface area contributed by atoms with Crippen LogP contribution >= 0.6 is 0 Å².